The highest BCUT2D eigenvalue weighted by Crippen LogP contribution is 2.30. The summed E-state index contributed by atoms with van der Waals surface area (Å²) in [5.41, 5.74) is 2.33. The van der Waals surface area contributed by atoms with E-state index in [0.717, 1.165) is 40.9 Å². The fraction of sp³-hybridized carbons (Fsp3) is 0.440. The fourth-order valence-corrected chi connectivity index (χ4v) is 4.23. The van der Waals surface area contributed by atoms with Gasteiger partial charge in [-0.3, -0.25) is 9.69 Å². The van der Waals surface area contributed by atoms with E-state index in [0.29, 0.717) is 18.7 Å². The second kappa shape index (κ2) is 9.31. The van der Waals surface area contributed by atoms with E-state index in [1.165, 1.54) is 0 Å². The number of nitrogens with zero attached hydrogens (tertiary/aromatic N) is 5. The number of H-pyrrole nitrogens is 1. The molecule has 1 N–H and O–H groups in total. The number of benzene rings is 1. The van der Waals surface area contributed by atoms with E-state index in [2.05, 4.69) is 53.1 Å². The molecule has 4 rings (SSSR count). The molecular formula is C25H32N6O2. The van der Waals surface area contributed by atoms with Crippen LogP contribution in [0.1, 0.15) is 69.3 Å². The first-order valence-corrected chi connectivity index (χ1v) is 11.5. The Balaban J connectivity index is 1.76. The lowest BCUT2D eigenvalue weighted by Crippen LogP contribution is -2.36. The normalized spacial score (nSPS) is 13.2. The van der Waals surface area contributed by atoms with Crippen LogP contribution in [-0.2, 0) is 18.6 Å². The molecule has 0 aliphatic rings. The van der Waals surface area contributed by atoms with Gasteiger partial charge in [-0.1, -0.05) is 32.0 Å². The van der Waals surface area contributed by atoms with Gasteiger partial charge in [0.1, 0.15) is 5.76 Å². The van der Waals surface area contributed by atoms with Gasteiger partial charge in [-0.05, 0) is 73.2 Å². The van der Waals surface area contributed by atoms with E-state index in [4.69, 9.17) is 4.42 Å². The third-order valence-electron chi connectivity index (χ3n) is 6.54. The summed E-state index contributed by atoms with van der Waals surface area (Å²) in [5.74, 6) is 1.62. The molecule has 174 valence electrons. The molecule has 8 nitrogen and oxygen atoms in total. The number of nitrogens with one attached hydrogen (secondary N) is 1. The van der Waals surface area contributed by atoms with Gasteiger partial charge < -0.3 is 9.40 Å². The number of aromatic nitrogens is 5. The lowest BCUT2D eigenvalue weighted by molar-refractivity contribution is 0.140. The Morgan fingerprint density at radius 3 is 2.70 bits per heavy atom. The molecule has 0 saturated heterocycles. The minimum absolute atomic E-state index is 0.0791. The maximum absolute atomic E-state index is 13.0. The number of pyridine rings is 1. The Hall–Kier alpha value is -3.26. The van der Waals surface area contributed by atoms with E-state index >= 15 is 0 Å². The summed E-state index contributed by atoms with van der Waals surface area (Å²) in [6.45, 7) is 11.5. The zero-order valence-corrected chi connectivity index (χ0v) is 20.0. The van der Waals surface area contributed by atoms with Gasteiger partial charge in [0.05, 0.1) is 29.9 Å². The van der Waals surface area contributed by atoms with Crippen LogP contribution in [0.2, 0.25) is 0 Å². The molecule has 0 bridgehead atoms. The third-order valence-corrected chi connectivity index (χ3v) is 6.54. The van der Waals surface area contributed by atoms with Crippen molar-refractivity contribution in [3.05, 3.63) is 75.7 Å². The molecule has 33 heavy (non-hydrogen) atoms. The van der Waals surface area contributed by atoms with Crippen LogP contribution >= 0.6 is 0 Å². The topological polar surface area (TPSA) is 92.8 Å². The summed E-state index contributed by atoms with van der Waals surface area (Å²) < 4.78 is 7.58. The van der Waals surface area contributed by atoms with Crippen molar-refractivity contribution in [2.45, 2.75) is 72.1 Å². The highest BCUT2D eigenvalue weighted by Gasteiger charge is 2.31. The van der Waals surface area contributed by atoms with E-state index < -0.39 is 0 Å². The van der Waals surface area contributed by atoms with E-state index in [1.807, 2.05) is 48.0 Å². The van der Waals surface area contributed by atoms with Crippen molar-refractivity contribution in [1.82, 2.24) is 30.1 Å². The molecule has 3 aromatic heterocycles. The standard InChI is InChI=1S/C25H32N6O2/c1-6-21(23-27-28-29-31(23)25(4,5)7-2)30(16-20-12-9-13-33-20)15-19-14-18-11-8-10-17(3)22(18)26-24(19)32/h8-14,21H,6-7,15-16H2,1-5H3,(H,26,32)/t21-/m1/s1. The molecule has 0 fully saturated rings. The maximum atomic E-state index is 13.0. The molecule has 0 aliphatic carbocycles. The SMILES string of the molecule is CC[C@H](c1nnnn1C(C)(C)CC)N(Cc1ccco1)Cc1cc2cccc(C)c2[nH]c1=O. The number of hydrogen-bond donors (Lipinski definition) is 1. The summed E-state index contributed by atoms with van der Waals surface area (Å²) in [5, 5.41) is 13.8. The molecule has 4 aromatic rings. The minimum atomic E-state index is -0.222. The van der Waals surface area contributed by atoms with Crippen LogP contribution in [0.5, 0.6) is 0 Å². The summed E-state index contributed by atoms with van der Waals surface area (Å²) in [6.07, 6.45) is 3.35. The van der Waals surface area contributed by atoms with Crippen LogP contribution in [0, 0.1) is 6.92 Å². The Labute approximate surface area is 193 Å². The minimum Gasteiger partial charge on any atom is -0.468 e. The number of furan rings is 1. The van der Waals surface area contributed by atoms with Gasteiger partial charge in [-0.25, -0.2) is 4.68 Å². The largest absolute Gasteiger partial charge is 0.468 e. The molecule has 1 aromatic carbocycles. The number of aromatic amines is 1. The number of fused-ring (bicyclic) bond motifs is 1. The van der Waals surface area contributed by atoms with Crippen LogP contribution < -0.4 is 5.56 Å². The highest BCUT2D eigenvalue weighted by atomic mass is 16.3. The molecule has 0 radical (unpaired) electrons. The maximum Gasteiger partial charge on any atom is 0.252 e. The summed E-state index contributed by atoms with van der Waals surface area (Å²) in [4.78, 5) is 18.3. The summed E-state index contributed by atoms with van der Waals surface area (Å²) >= 11 is 0. The Morgan fingerprint density at radius 2 is 2.00 bits per heavy atom. The number of rotatable bonds is 9. The van der Waals surface area contributed by atoms with Crippen molar-refractivity contribution in [2.75, 3.05) is 0 Å². The van der Waals surface area contributed by atoms with Crippen molar-refractivity contribution in [3.63, 3.8) is 0 Å². The first-order chi connectivity index (χ1) is 15.8. The summed E-state index contributed by atoms with van der Waals surface area (Å²) in [6, 6.07) is 11.8. The number of aryl methyl sites for hydroxylation is 1. The van der Waals surface area contributed by atoms with Gasteiger partial charge in [0.2, 0.25) is 0 Å². The average molecular weight is 449 g/mol. The van der Waals surface area contributed by atoms with Crippen LogP contribution in [-0.4, -0.2) is 30.1 Å². The van der Waals surface area contributed by atoms with Gasteiger partial charge in [-0.2, -0.15) is 0 Å². The van der Waals surface area contributed by atoms with Gasteiger partial charge in [0.25, 0.3) is 5.56 Å². The number of hydrogen-bond acceptors (Lipinski definition) is 6. The molecule has 8 heteroatoms. The third kappa shape index (κ3) is 4.61. The molecule has 0 aliphatic heterocycles. The van der Waals surface area contributed by atoms with E-state index in [9.17, 15) is 4.79 Å². The van der Waals surface area contributed by atoms with Gasteiger partial charge >= 0.3 is 0 Å². The summed E-state index contributed by atoms with van der Waals surface area (Å²) in [7, 11) is 0. The Morgan fingerprint density at radius 1 is 1.18 bits per heavy atom. The quantitative estimate of drug-likeness (QED) is 0.398. The average Bonchev–Trinajstić information content (AvgIpc) is 3.48. The fourth-order valence-electron chi connectivity index (χ4n) is 4.23. The lowest BCUT2D eigenvalue weighted by atomic mass is 10.0. The first kappa shape index (κ1) is 22.9. The Kier molecular flexibility index (Phi) is 6.47. The van der Waals surface area contributed by atoms with Crippen molar-refractivity contribution < 1.29 is 4.42 Å². The Bertz CT molecular complexity index is 1270. The number of para-hydroxylation sites is 1. The monoisotopic (exact) mass is 448 g/mol. The zero-order chi connectivity index (χ0) is 23.6. The van der Waals surface area contributed by atoms with Crippen LogP contribution in [0.3, 0.4) is 0 Å². The van der Waals surface area contributed by atoms with E-state index in [-0.39, 0.29) is 17.1 Å². The molecular weight excluding hydrogens is 416 g/mol. The van der Waals surface area contributed by atoms with Gasteiger partial charge in [-0.15, -0.1) is 5.10 Å². The van der Waals surface area contributed by atoms with Crippen molar-refractivity contribution in [1.29, 1.82) is 0 Å². The molecule has 0 saturated carbocycles. The molecule has 0 spiro atoms. The second-order valence-electron chi connectivity index (χ2n) is 9.19. The lowest BCUT2D eigenvalue weighted by Gasteiger charge is -2.32. The predicted octanol–water partition coefficient (Wildman–Crippen LogP) is 4.71. The van der Waals surface area contributed by atoms with Gasteiger partial charge in [0.15, 0.2) is 5.82 Å². The smallest absolute Gasteiger partial charge is 0.252 e. The molecule has 0 unspecified atom stereocenters. The van der Waals surface area contributed by atoms with Gasteiger partial charge in [0, 0.05) is 12.1 Å². The van der Waals surface area contributed by atoms with Crippen molar-refractivity contribution in [3.8, 4) is 0 Å². The van der Waals surface area contributed by atoms with Crippen molar-refractivity contribution >= 4 is 10.9 Å². The zero-order valence-electron chi connectivity index (χ0n) is 20.0. The van der Waals surface area contributed by atoms with Crippen molar-refractivity contribution in [2.24, 2.45) is 0 Å². The molecule has 3 heterocycles. The highest BCUT2D eigenvalue weighted by molar-refractivity contribution is 5.81. The molecule has 1 atom stereocenters. The van der Waals surface area contributed by atoms with Crippen LogP contribution in [0.4, 0.5) is 0 Å². The van der Waals surface area contributed by atoms with E-state index in [1.54, 1.807) is 6.26 Å². The van der Waals surface area contributed by atoms with Crippen LogP contribution in [0.25, 0.3) is 10.9 Å². The molecule has 0 amide bonds. The van der Waals surface area contributed by atoms with Crippen LogP contribution in [0.15, 0.2) is 51.9 Å². The number of tetrazole rings is 1. The first-order valence-electron chi connectivity index (χ1n) is 11.5. The predicted molar refractivity (Wildman–Crippen MR) is 128 cm³/mol. The second-order valence-corrected chi connectivity index (χ2v) is 9.19.